The predicted octanol–water partition coefficient (Wildman–Crippen LogP) is 2.79. The van der Waals surface area contributed by atoms with Crippen LogP contribution in [0.4, 0.5) is 16.2 Å². The molecule has 10 nitrogen and oxygen atoms in total. The van der Waals surface area contributed by atoms with Gasteiger partial charge in [0, 0.05) is 23.8 Å². The Labute approximate surface area is 198 Å². The summed E-state index contributed by atoms with van der Waals surface area (Å²) in [7, 11) is -2.47. The number of ether oxygens (including phenoxy) is 1. The molecule has 0 aliphatic rings. The monoisotopic (exact) mass is 482 g/mol. The Hall–Kier alpha value is -3.93. The van der Waals surface area contributed by atoms with Gasteiger partial charge in [0.1, 0.15) is 5.84 Å². The Morgan fingerprint density at radius 1 is 1.03 bits per heavy atom. The largest absolute Gasteiger partial charge is 0.384 e. The lowest BCUT2D eigenvalue weighted by Crippen LogP contribution is -2.41. The van der Waals surface area contributed by atoms with Crippen molar-refractivity contribution in [2.24, 2.45) is 10.9 Å². The molecule has 3 rings (SSSR count). The molecule has 0 saturated heterocycles. The zero-order valence-electron chi connectivity index (χ0n) is 18.5. The topological polar surface area (TPSA) is 164 Å². The molecule has 0 bridgehead atoms. The summed E-state index contributed by atoms with van der Waals surface area (Å²) in [5.74, 6) is -0.0982. The fourth-order valence-corrected chi connectivity index (χ4v) is 4.00. The molecule has 0 aromatic heterocycles. The number of para-hydroxylation sites is 1. The number of carbonyl (C=O) groups is 1. The maximum Gasteiger partial charge on any atom is 0.340 e. The van der Waals surface area contributed by atoms with Crippen molar-refractivity contribution in [1.82, 2.24) is 5.01 Å². The number of anilines is 2. The molecule has 3 aromatic carbocycles. The van der Waals surface area contributed by atoms with Gasteiger partial charge in [0.15, 0.2) is 0 Å². The number of amides is 2. The third kappa shape index (κ3) is 6.10. The summed E-state index contributed by atoms with van der Waals surface area (Å²) in [5.41, 5.74) is 10.9. The number of nitrogens with one attached hydrogen (secondary N) is 3. The standard InChI is InChI=1S/C23H26N6O4S/c1-33-14-13-29(28-17-8-6-7-16(15-17)22(24)25)23(30)27-20-11-4-2-9-18(20)19-10-3-5-12-21(19)34(26,31)32/h2-12,15,28H,13-14H2,1H3,(H3,24,25)(H,27,30)(H2,26,31,32). The van der Waals surface area contributed by atoms with Gasteiger partial charge in [-0.05, 0) is 24.3 Å². The van der Waals surface area contributed by atoms with Gasteiger partial charge in [0.05, 0.1) is 29.4 Å². The first kappa shape index (κ1) is 24.7. The number of sulfonamides is 1. The molecule has 0 saturated carbocycles. The van der Waals surface area contributed by atoms with E-state index in [4.69, 9.17) is 21.0 Å². The Balaban J connectivity index is 1.92. The molecule has 7 N–H and O–H groups in total. The molecule has 178 valence electrons. The summed E-state index contributed by atoms with van der Waals surface area (Å²) in [6.45, 7) is 0.450. The summed E-state index contributed by atoms with van der Waals surface area (Å²) >= 11 is 0. The van der Waals surface area contributed by atoms with Gasteiger partial charge in [-0.3, -0.25) is 10.8 Å². The second kappa shape index (κ2) is 10.8. The van der Waals surface area contributed by atoms with E-state index in [1.165, 1.54) is 18.2 Å². The molecule has 0 fully saturated rings. The van der Waals surface area contributed by atoms with Crippen LogP contribution in [0.5, 0.6) is 0 Å². The molecule has 0 aliphatic heterocycles. The number of nitrogen functional groups attached to an aromatic ring is 1. The number of carbonyl (C=O) groups excluding carboxylic acids is 1. The van der Waals surface area contributed by atoms with E-state index in [0.717, 1.165) is 0 Å². The Bertz CT molecular complexity index is 1300. The van der Waals surface area contributed by atoms with Crippen molar-refractivity contribution >= 4 is 33.3 Å². The quantitative estimate of drug-likeness (QED) is 0.179. The first-order valence-corrected chi connectivity index (χ1v) is 11.7. The van der Waals surface area contributed by atoms with Gasteiger partial charge in [-0.1, -0.05) is 48.5 Å². The third-order valence-electron chi connectivity index (χ3n) is 4.85. The third-order valence-corrected chi connectivity index (χ3v) is 5.82. The zero-order valence-corrected chi connectivity index (χ0v) is 19.3. The number of hydrazine groups is 1. The zero-order chi connectivity index (χ0) is 24.7. The predicted molar refractivity (Wildman–Crippen MR) is 132 cm³/mol. The van der Waals surface area contributed by atoms with E-state index >= 15 is 0 Å². The fourth-order valence-electron chi connectivity index (χ4n) is 3.25. The smallest absolute Gasteiger partial charge is 0.340 e. The van der Waals surface area contributed by atoms with Gasteiger partial charge < -0.3 is 15.8 Å². The van der Waals surface area contributed by atoms with Crippen molar-refractivity contribution in [3.05, 3.63) is 78.4 Å². The van der Waals surface area contributed by atoms with Gasteiger partial charge in [-0.25, -0.2) is 23.4 Å². The summed E-state index contributed by atoms with van der Waals surface area (Å²) in [5, 5.41) is 17.1. The van der Waals surface area contributed by atoms with Crippen molar-refractivity contribution in [2.75, 3.05) is 31.0 Å². The number of amidine groups is 1. The average molecular weight is 483 g/mol. The SMILES string of the molecule is COCCN(Nc1cccc(C(=N)N)c1)C(=O)Nc1ccccc1-c1ccccc1S(N)(=O)=O. The van der Waals surface area contributed by atoms with E-state index < -0.39 is 16.1 Å². The van der Waals surface area contributed by atoms with E-state index in [2.05, 4.69) is 10.7 Å². The van der Waals surface area contributed by atoms with Crippen molar-refractivity contribution in [1.29, 1.82) is 5.41 Å². The molecule has 0 spiro atoms. The van der Waals surface area contributed by atoms with Crippen LogP contribution in [0.2, 0.25) is 0 Å². The lowest BCUT2D eigenvalue weighted by molar-refractivity contribution is 0.164. The fraction of sp³-hybridized carbons (Fsp3) is 0.130. The second-order valence-corrected chi connectivity index (χ2v) is 8.80. The van der Waals surface area contributed by atoms with Crippen molar-refractivity contribution in [3.8, 4) is 11.1 Å². The molecule has 0 aliphatic carbocycles. The molecule has 0 unspecified atom stereocenters. The van der Waals surface area contributed by atoms with Crippen LogP contribution in [0, 0.1) is 5.41 Å². The molecular weight excluding hydrogens is 456 g/mol. The Kier molecular flexibility index (Phi) is 7.84. The number of methoxy groups -OCH3 is 1. The van der Waals surface area contributed by atoms with Crippen molar-refractivity contribution in [3.63, 3.8) is 0 Å². The van der Waals surface area contributed by atoms with Crippen molar-refractivity contribution in [2.45, 2.75) is 4.90 Å². The minimum absolute atomic E-state index is 0.0490. The summed E-state index contributed by atoms with van der Waals surface area (Å²) < 4.78 is 29.3. The highest BCUT2D eigenvalue weighted by atomic mass is 32.2. The van der Waals surface area contributed by atoms with Crippen LogP contribution in [-0.2, 0) is 14.8 Å². The van der Waals surface area contributed by atoms with Gasteiger partial charge in [-0.15, -0.1) is 0 Å². The second-order valence-electron chi connectivity index (χ2n) is 7.27. The number of rotatable bonds is 9. The minimum Gasteiger partial charge on any atom is -0.384 e. The van der Waals surface area contributed by atoms with E-state index in [9.17, 15) is 13.2 Å². The molecule has 0 atom stereocenters. The van der Waals surface area contributed by atoms with E-state index in [0.29, 0.717) is 28.1 Å². The van der Waals surface area contributed by atoms with Crippen LogP contribution in [0.3, 0.4) is 0 Å². The van der Waals surface area contributed by atoms with Gasteiger partial charge in [0.25, 0.3) is 0 Å². The van der Waals surface area contributed by atoms with Crippen molar-refractivity contribution < 1.29 is 17.9 Å². The molecule has 3 aromatic rings. The normalized spacial score (nSPS) is 11.0. The number of hydrogen-bond acceptors (Lipinski definition) is 6. The highest BCUT2D eigenvalue weighted by molar-refractivity contribution is 7.89. The molecule has 0 heterocycles. The van der Waals surface area contributed by atoms with Gasteiger partial charge in [-0.2, -0.15) is 0 Å². The Morgan fingerprint density at radius 3 is 2.38 bits per heavy atom. The van der Waals surface area contributed by atoms with Crippen LogP contribution in [0.25, 0.3) is 11.1 Å². The van der Waals surface area contributed by atoms with E-state index in [1.807, 2.05) is 0 Å². The molecule has 2 amide bonds. The maximum absolute atomic E-state index is 13.2. The van der Waals surface area contributed by atoms with Gasteiger partial charge in [0.2, 0.25) is 10.0 Å². The molecule has 0 radical (unpaired) electrons. The maximum atomic E-state index is 13.2. The number of nitrogens with zero attached hydrogens (tertiary/aromatic N) is 1. The van der Waals surface area contributed by atoms with E-state index in [-0.39, 0.29) is 23.9 Å². The molecule has 11 heteroatoms. The first-order chi connectivity index (χ1) is 16.2. The van der Waals surface area contributed by atoms with Crippen LogP contribution in [0.15, 0.2) is 77.7 Å². The summed E-state index contributed by atoms with van der Waals surface area (Å²) in [4.78, 5) is 13.1. The van der Waals surface area contributed by atoms with Crippen LogP contribution in [-0.4, -0.2) is 45.6 Å². The lowest BCUT2D eigenvalue weighted by Gasteiger charge is -2.25. The lowest BCUT2D eigenvalue weighted by atomic mass is 10.0. The molecule has 34 heavy (non-hydrogen) atoms. The number of urea groups is 1. The number of nitrogens with two attached hydrogens (primary N) is 2. The highest BCUT2D eigenvalue weighted by Crippen LogP contribution is 2.32. The van der Waals surface area contributed by atoms with Crippen LogP contribution in [0.1, 0.15) is 5.56 Å². The minimum atomic E-state index is -3.99. The van der Waals surface area contributed by atoms with Gasteiger partial charge >= 0.3 is 6.03 Å². The Morgan fingerprint density at radius 2 is 1.71 bits per heavy atom. The number of primary sulfonamides is 1. The van der Waals surface area contributed by atoms with Crippen LogP contribution >= 0.6 is 0 Å². The van der Waals surface area contributed by atoms with Crippen LogP contribution < -0.4 is 21.6 Å². The summed E-state index contributed by atoms with van der Waals surface area (Å²) in [6.07, 6.45) is 0. The van der Waals surface area contributed by atoms with E-state index in [1.54, 1.807) is 66.7 Å². The number of hydrogen-bond donors (Lipinski definition) is 5. The number of benzene rings is 3. The highest BCUT2D eigenvalue weighted by Gasteiger charge is 2.20. The summed E-state index contributed by atoms with van der Waals surface area (Å²) in [6, 6.07) is 19.4. The first-order valence-electron chi connectivity index (χ1n) is 10.2. The molecular formula is C23H26N6O4S. The average Bonchev–Trinajstić information content (AvgIpc) is 2.81.